The average Bonchev–Trinajstić information content (AvgIpc) is 3.36. The van der Waals surface area contributed by atoms with Gasteiger partial charge in [-0.15, -0.1) is 0 Å². The van der Waals surface area contributed by atoms with Crippen molar-refractivity contribution in [2.45, 2.75) is 0 Å². The maximum atomic E-state index is 14.2. The number of aromatic nitrogens is 7. The number of H-pyrrole nitrogens is 2. The Morgan fingerprint density at radius 3 is 2.39 bits per heavy atom. The van der Waals surface area contributed by atoms with Gasteiger partial charge < -0.3 is 4.98 Å². The quantitative estimate of drug-likeness (QED) is 0.506. The maximum Gasteiger partial charge on any atom is 0.332 e. The minimum absolute atomic E-state index is 0.128. The van der Waals surface area contributed by atoms with Crippen molar-refractivity contribution in [2.24, 2.45) is 0 Å². The molecular weight excluding hydrogens is 361 g/mol. The fourth-order valence-electron chi connectivity index (χ4n) is 3.01. The molecule has 0 fully saturated rings. The largest absolute Gasteiger partial charge is 0.332 e. The highest BCUT2D eigenvalue weighted by Gasteiger charge is 2.15. The van der Waals surface area contributed by atoms with E-state index in [4.69, 9.17) is 0 Å². The number of hydrogen-bond acceptors (Lipinski definition) is 5. The van der Waals surface area contributed by atoms with Crippen LogP contribution in [0.25, 0.3) is 39.6 Å². The molecule has 8 nitrogen and oxygen atoms in total. The Hall–Kier alpha value is -4.14. The Kier molecular flexibility index (Phi) is 3.58. The minimum Gasteiger partial charge on any atom is -0.303 e. The number of nitrogens with zero attached hydrogens (tertiary/aromatic N) is 5. The molecule has 0 radical (unpaired) electrons. The molecule has 0 amide bonds. The molecule has 0 aliphatic heterocycles. The zero-order valence-electron chi connectivity index (χ0n) is 14.3. The second-order valence-electron chi connectivity index (χ2n) is 6.05. The van der Waals surface area contributed by atoms with Crippen molar-refractivity contribution in [3.63, 3.8) is 0 Å². The molecule has 0 atom stereocenters. The monoisotopic (exact) mass is 373 g/mol. The highest BCUT2D eigenvalue weighted by atomic mass is 19.1. The number of fused-ring (bicyclic) bond motifs is 1. The third-order valence-corrected chi connectivity index (χ3v) is 4.33. The van der Waals surface area contributed by atoms with E-state index in [0.717, 1.165) is 11.1 Å². The Morgan fingerprint density at radius 1 is 0.929 bits per heavy atom. The van der Waals surface area contributed by atoms with E-state index in [1.807, 2.05) is 24.3 Å². The van der Waals surface area contributed by atoms with Crippen molar-refractivity contribution in [2.75, 3.05) is 0 Å². The van der Waals surface area contributed by atoms with Crippen LogP contribution in [-0.4, -0.2) is 34.7 Å². The molecule has 0 saturated carbocycles. The first kappa shape index (κ1) is 16.1. The maximum absolute atomic E-state index is 14.2. The Balaban J connectivity index is 1.63. The molecule has 5 rings (SSSR count). The van der Waals surface area contributed by atoms with Crippen molar-refractivity contribution in [3.8, 4) is 28.5 Å². The molecule has 2 N–H and O–H groups in total. The number of benzene rings is 2. The summed E-state index contributed by atoms with van der Waals surface area (Å²) < 4.78 is 15.4. The summed E-state index contributed by atoms with van der Waals surface area (Å²) in [7, 11) is 0. The molecule has 0 saturated heterocycles. The van der Waals surface area contributed by atoms with Gasteiger partial charge in [-0.1, -0.05) is 36.4 Å². The van der Waals surface area contributed by atoms with Crippen LogP contribution in [0.5, 0.6) is 0 Å². The summed E-state index contributed by atoms with van der Waals surface area (Å²) in [6.07, 6.45) is 3.02. The van der Waals surface area contributed by atoms with Gasteiger partial charge in [0.05, 0.1) is 11.9 Å². The number of nitrogens with one attached hydrogen (secondary N) is 2. The number of para-hydroxylation sites is 1. The SMILES string of the molecule is O=c1[nH]c2cnc(-c3ccc(-c4nc[nH]n4)cc3)nc2n1-c1ccccc1F. The van der Waals surface area contributed by atoms with Gasteiger partial charge in [-0.25, -0.2) is 28.7 Å². The molecular formula is C19H12FN7O. The predicted octanol–water partition coefficient (Wildman–Crippen LogP) is 2.70. The lowest BCUT2D eigenvalue weighted by Gasteiger charge is -2.05. The van der Waals surface area contributed by atoms with Crippen LogP contribution in [0.1, 0.15) is 0 Å². The molecule has 0 unspecified atom stereocenters. The van der Waals surface area contributed by atoms with E-state index in [1.165, 1.54) is 29.2 Å². The van der Waals surface area contributed by atoms with Crippen LogP contribution >= 0.6 is 0 Å². The van der Waals surface area contributed by atoms with E-state index < -0.39 is 11.5 Å². The van der Waals surface area contributed by atoms with Gasteiger partial charge in [-0.2, -0.15) is 5.10 Å². The number of hydrogen-bond donors (Lipinski definition) is 2. The predicted molar refractivity (Wildman–Crippen MR) is 100 cm³/mol. The Labute approximate surface area is 156 Å². The van der Waals surface area contributed by atoms with E-state index in [2.05, 4.69) is 30.1 Å². The summed E-state index contributed by atoms with van der Waals surface area (Å²) in [6, 6.07) is 13.4. The summed E-state index contributed by atoms with van der Waals surface area (Å²) in [5.74, 6) is 0.488. The number of aromatic amines is 2. The molecule has 2 aromatic carbocycles. The molecule has 136 valence electrons. The van der Waals surface area contributed by atoms with Gasteiger partial charge in [-0.05, 0) is 12.1 Å². The number of rotatable bonds is 3. The second kappa shape index (κ2) is 6.23. The fourth-order valence-corrected chi connectivity index (χ4v) is 3.01. The van der Waals surface area contributed by atoms with E-state index in [0.29, 0.717) is 22.8 Å². The van der Waals surface area contributed by atoms with Crippen LogP contribution in [0.4, 0.5) is 4.39 Å². The molecule has 9 heteroatoms. The highest BCUT2D eigenvalue weighted by molar-refractivity contribution is 5.75. The molecule has 5 aromatic rings. The van der Waals surface area contributed by atoms with Gasteiger partial charge in [0, 0.05) is 11.1 Å². The van der Waals surface area contributed by atoms with Crippen molar-refractivity contribution >= 4 is 11.2 Å². The fraction of sp³-hybridized carbons (Fsp3) is 0. The van der Waals surface area contributed by atoms with Crippen molar-refractivity contribution in [1.29, 1.82) is 0 Å². The third kappa shape index (κ3) is 2.57. The van der Waals surface area contributed by atoms with E-state index in [-0.39, 0.29) is 5.69 Å². The summed E-state index contributed by atoms with van der Waals surface area (Å²) in [5, 5.41) is 6.71. The molecule has 0 aliphatic carbocycles. The second-order valence-corrected chi connectivity index (χ2v) is 6.05. The number of imidazole rings is 1. The van der Waals surface area contributed by atoms with Crippen molar-refractivity contribution < 1.29 is 4.39 Å². The smallest absolute Gasteiger partial charge is 0.303 e. The summed E-state index contributed by atoms with van der Waals surface area (Å²) in [5.41, 5.74) is 1.97. The molecule has 0 bridgehead atoms. The molecule has 28 heavy (non-hydrogen) atoms. The van der Waals surface area contributed by atoms with Gasteiger partial charge >= 0.3 is 5.69 Å². The van der Waals surface area contributed by atoms with Gasteiger partial charge in [0.15, 0.2) is 17.3 Å². The van der Waals surface area contributed by atoms with Crippen LogP contribution in [0.2, 0.25) is 0 Å². The summed E-state index contributed by atoms with van der Waals surface area (Å²) in [4.78, 5) is 27.9. The Bertz CT molecular complexity index is 1340. The third-order valence-electron chi connectivity index (χ3n) is 4.33. The van der Waals surface area contributed by atoms with Gasteiger partial charge in [0.1, 0.15) is 17.7 Å². The molecule has 0 aliphatic rings. The van der Waals surface area contributed by atoms with Crippen LogP contribution in [0.15, 0.2) is 65.8 Å². The van der Waals surface area contributed by atoms with E-state index in [1.54, 1.807) is 12.1 Å². The van der Waals surface area contributed by atoms with E-state index >= 15 is 0 Å². The highest BCUT2D eigenvalue weighted by Crippen LogP contribution is 2.22. The van der Waals surface area contributed by atoms with Gasteiger partial charge in [0.25, 0.3) is 0 Å². The molecule has 3 heterocycles. The van der Waals surface area contributed by atoms with Crippen LogP contribution < -0.4 is 5.69 Å². The van der Waals surface area contributed by atoms with Gasteiger partial charge in [0.2, 0.25) is 0 Å². The standard InChI is InChI=1S/C19H12FN7O/c20-13-3-1-2-4-15(13)27-18-14(24-19(27)28)9-21-16(25-18)11-5-7-12(8-6-11)17-22-10-23-26-17/h1-10H,(H,24,28)(H,22,23,26). The lowest BCUT2D eigenvalue weighted by atomic mass is 10.1. The van der Waals surface area contributed by atoms with Crippen molar-refractivity contribution in [3.05, 3.63) is 77.4 Å². The first-order valence-corrected chi connectivity index (χ1v) is 8.40. The Morgan fingerprint density at radius 2 is 1.68 bits per heavy atom. The molecule has 3 aromatic heterocycles. The van der Waals surface area contributed by atoms with Gasteiger partial charge in [-0.3, -0.25) is 5.10 Å². The van der Waals surface area contributed by atoms with Crippen LogP contribution in [0, 0.1) is 5.82 Å². The number of halogens is 1. The summed E-state index contributed by atoms with van der Waals surface area (Å²) in [6.45, 7) is 0. The lowest BCUT2D eigenvalue weighted by molar-refractivity contribution is 0.617. The normalized spacial score (nSPS) is 11.2. The zero-order valence-corrected chi connectivity index (χ0v) is 14.3. The first-order valence-electron chi connectivity index (χ1n) is 8.40. The van der Waals surface area contributed by atoms with Crippen LogP contribution in [-0.2, 0) is 0 Å². The topological polar surface area (TPSA) is 105 Å². The van der Waals surface area contributed by atoms with Crippen LogP contribution in [0.3, 0.4) is 0 Å². The molecule has 0 spiro atoms. The summed E-state index contributed by atoms with van der Waals surface area (Å²) >= 11 is 0. The lowest BCUT2D eigenvalue weighted by Crippen LogP contribution is -2.16. The van der Waals surface area contributed by atoms with E-state index in [9.17, 15) is 9.18 Å². The zero-order chi connectivity index (χ0) is 19.1. The first-order chi connectivity index (χ1) is 13.7. The minimum atomic E-state index is -0.512. The average molecular weight is 373 g/mol. The van der Waals surface area contributed by atoms with Crippen molar-refractivity contribution in [1.82, 2.24) is 34.7 Å².